The Kier molecular flexibility index (Phi) is 4.46. The van der Waals surface area contributed by atoms with Crippen molar-refractivity contribution in [1.82, 2.24) is 14.8 Å². The van der Waals surface area contributed by atoms with E-state index in [-0.39, 0.29) is 5.69 Å². The van der Waals surface area contributed by atoms with Crippen molar-refractivity contribution in [3.63, 3.8) is 0 Å². The van der Waals surface area contributed by atoms with Crippen LogP contribution < -0.4 is 0 Å². The van der Waals surface area contributed by atoms with Gasteiger partial charge in [0.1, 0.15) is 11.6 Å². The minimum atomic E-state index is -2.46. The van der Waals surface area contributed by atoms with E-state index < -0.39 is 18.9 Å². The van der Waals surface area contributed by atoms with Crippen molar-refractivity contribution in [2.75, 3.05) is 0 Å². The van der Waals surface area contributed by atoms with Crippen molar-refractivity contribution in [2.24, 2.45) is 0 Å². The van der Waals surface area contributed by atoms with Gasteiger partial charge in [-0.15, -0.1) is 11.3 Å². The van der Waals surface area contributed by atoms with Crippen LogP contribution in [0.5, 0.6) is 0 Å². The van der Waals surface area contributed by atoms with Crippen LogP contribution in [0.1, 0.15) is 31.6 Å². The summed E-state index contributed by atoms with van der Waals surface area (Å²) in [6, 6.07) is 0. The van der Waals surface area contributed by atoms with E-state index >= 15 is 0 Å². The third-order valence-electron chi connectivity index (χ3n) is 2.87. The minimum absolute atomic E-state index is 0.0322. The van der Waals surface area contributed by atoms with Gasteiger partial charge in [-0.25, -0.2) is 18.6 Å². The monoisotopic (exact) mass is 313 g/mol. The van der Waals surface area contributed by atoms with E-state index in [2.05, 4.69) is 10.1 Å². The number of hydrogen-bond donors (Lipinski definition) is 1. The lowest BCUT2D eigenvalue weighted by Crippen LogP contribution is -2.09. The molecule has 0 unspecified atom stereocenters. The molecule has 0 bridgehead atoms. The van der Waals surface area contributed by atoms with Crippen molar-refractivity contribution in [3.05, 3.63) is 33.0 Å². The third-order valence-corrected chi connectivity index (χ3v) is 3.81. The molecule has 0 aliphatic rings. The quantitative estimate of drug-likeness (QED) is 0.921. The van der Waals surface area contributed by atoms with E-state index in [1.54, 1.807) is 26.0 Å². The molecule has 112 valence electrons. The van der Waals surface area contributed by atoms with Crippen molar-refractivity contribution < 1.29 is 18.7 Å². The Balaban J connectivity index is 2.20. The highest BCUT2D eigenvalue weighted by molar-refractivity contribution is 7.12. The SMILES string of the molecule is Cc1sc(/C=C/c2cnn(CC(F)F)c2C)nc1C(=O)O. The van der Waals surface area contributed by atoms with E-state index in [4.69, 9.17) is 5.11 Å². The van der Waals surface area contributed by atoms with Gasteiger partial charge in [-0.2, -0.15) is 5.10 Å². The average Bonchev–Trinajstić information content (AvgIpc) is 2.92. The molecule has 1 N–H and O–H groups in total. The molecular formula is C13H13F2N3O2S. The van der Waals surface area contributed by atoms with Gasteiger partial charge in [-0.05, 0) is 26.0 Å². The Morgan fingerprint density at radius 1 is 1.48 bits per heavy atom. The van der Waals surface area contributed by atoms with E-state index in [9.17, 15) is 13.6 Å². The molecule has 21 heavy (non-hydrogen) atoms. The largest absolute Gasteiger partial charge is 0.476 e. The highest BCUT2D eigenvalue weighted by Gasteiger charge is 2.13. The second-order valence-corrected chi connectivity index (χ2v) is 5.59. The molecule has 2 heterocycles. The molecule has 0 aromatic carbocycles. The molecule has 0 saturated heterocycles. The molecule has 0 fully saturated rings. The van der Waals surface area contributed by atoms with E-state index in [1.807, 2.05) is 0 Å². The first kappa shape index (κ1) is 15.3. The normalized spacial score (nSPS) is 11.7. The fraction of sp³-hybridized carbons (Fsp3) is 0.308. The van der Waals surface area contributed by atoms with Gasteiger partial charge in [0.15, 0.2) is 5.69 Å². The molecule has 8 heteroatoms. The average molecular weight is 313 g/mol. The summed E-state index contributed by atoms with van der Waals surface area (Å²) in [5.74, 6) is -1.07. The number of nitrogens with zero attached hydrogens (tertiary/aromatic N) is 3. The number of carboxylic acid groups (broad SMARTS) is 1. The van der Waals surface area contributed by atoms with Gasteiger partial charge < -0.3 is 5.11 Å². The highest BCUT2D eigenvalue weighted by atomic mass is 32.1. The molecule has 0 atom stereocenters. The van der Waals surface area contributed by atoms with Crippen LogP contribution in [-0.2, 0) is 6.54 Å². The molecule has 0 aliphatic heterocycles. The molecule has 0 amide bonds. The van der Waals surface area contributed by atoms with Gasteiger partial charge in [0.25, 0.3) is 6.43 Å². The Morgan fingerprint density at radius 3 is 2.76 bits per heavy atom. The van der Waals surface area contributed by atoms with Crippen molar-refractivity contribution in [1.29, 1.82) is 0 Å². The van der Waals surface area contributed by atoms with Crippen molar-refractivity contribution in [2.45, 2.75) is 26.8 Å². The van der Waals surface area contributed by atoms with Crippen LogP contribution in [0.25, 0.3) is 12.2 Å². The first-order valence-electron chi connectivity index (χ1n) is 6.08. The number of aryl methyl sites for hydroxylation is 1. The lowest BCUT2D eigenvalue weighted by atomic mass is 10.2. The Morgan fingerprint density at radius 2 is 2.19 bits per heavy atom. The van der Waals surface area contributed by atoms with Gasteiger partial charge >= 0.3 is 5.97 Å². The van der Waals surface area contributed by atoms with Crippen LogP contribution in [-0.4, -0.2) is 32.3 Å². The van der Waals surface area contributed by atoms with Crippen LogP contribution in [0.15, 0.2) is 6.20 Å². The molecule has 2 aromatic heterocycles. The summed E-state index contributed by atoms with van der Waals surface area (Å²) < 4.78 is 25.9. The van der Waals surface area contributed by atoms with Crippen LogP contribution >= 0.6 is 11.3 Å². The molecule has 5 nitrogen and oxygen atoms in total. The number of halogens is 2. The zero-order chi connectivity index (χ0) is 15.6. The van der Waals surface area contributed by atoms with Gasteiger partial charge in [0.05, 0.1) is 6.20 Å². The van der Waals surface area contributed by atoms with Gasteiger partial charge in [-0.1, -0.05) is 0 Å². The molecular weight excluding hydrogens is 300 g/mol. The van der Waals surface area contributed by atoms with Crippen LogP contribution in [0.3, 0.4) is 0 Å². The number of aromatic carboxylic acids is 1. The molecule has 2 rings (SSSR count). The number of carbonyl (C=O) groups is 1. The summed E-state index contributed by atoms with van der Waals surface area (Å²) in [5.41, 5.74) is 1.35. The van der Waals surface area contributed by atoms with Gasteiger partial charge in [0, 0.05) is 16.1 Å². The lowest BCUT2D eigenvalue weighted by Gasteiger charge is -2.02. The fourth-order valence-corrected chi connectivity index (χ4v) is 2.60. The Hall–Kier alpha value is -2.09. The number of rotatable bonds is 5. The van der Waals surface area contributed by atoms with Crippen molar-refractivity contribution >= 4 is 29.5 Å². The highest BCUT2D eigenvalue weighted by Crippen LogP contribution is 2.20. The topological polar surface area (TPSA) is 68.0 Å². The summed E-state index contributed by atoms with van der Waals surface area (Å²) in [7, 11) is 0. The summed E-state index contributed by atoms with van der Waals surface area (Å²) in [4.78, 5) is 15.5. The lowest BCUT2D eigenvalue weighted by molar-refractivity contribution is 0.0690. The second kappa shape index (κ2) is 6.13. The Bertz CT molecular complexity index is 692. The molecule has 0 saturated carbocycles. The fourth-order valence-electron chi connectivity index (χ4n) is 1.79. The number of thiazole rings is 1. The second-order valence-electron chi connectivity index (χ2n) is 4.35. The number of aromatic nitrogens is 3. The van der Waals surface area contributed by atoms with E-state index in [1.165, 1.54) is 22.2 Å². The number of hydrogen-bond acceptors (Lipinski definition) is 4. The van der Waals surface area contributed by atoms with E-state index in [0.29, 0.717) is 21.1 Å². The first-order chi connectivity index (χ1) is 9.88. The van der Waals surface area contributed by atoms with Crippen LogP contribution in [0.2, 0.25) is 0 Å². The smallest absolute Gasteiger partial charge is 0.355 e. The predicted molar refractivity (Wildman–Crippen MR) is 75.7 cm³/mol. The first-order valence-corrected chi connectivity index (χ1v) is 6.89. The van der Waals surface area contributed by atoms with Crippen LogP contribution in [0, 0.1) is 13.8 Å². The maximum Gasteiger partial charge on any atom is 0.355 e. The maximum absolute atomic E-state index is 12.3. The summed E-state index contributed by atoms with van der Waals surface area (Å²) in [6.07, 6.45) is 2.38. The standard InChI is InChI=1S/C13H13F2N3O2S/c1-7-9(5-16-18(7)6-10(14)15)3-4-11-17-12(13(19)20)8(2)21-11/h3-5,10H,6H2,1-2H3,(H,19,20)/b4-3+. The maximum atomic E-state index is 12.3. The summed E-state index contributed by atoms with van der Waals surface area (Å²) in [5, 5.41) is 13.4. The summed E-state index contributed by atoms with van der Waals surface area (Å²) >= 11 is 1.26. The zero-order valence-electron chi connectivity index (χ0n) is 11.4. The van der Waals surface area contributed by atoms with Crippen molar-refractivity contribution in [3.8, 4) is 0 Å². The number of carboxylic acids is 1. The van der Waals surface area contributed by atoms with Crippen LogP contribution in [0.4, 0.5) is 8.78 Å². The van der Waals surface area contributed by atoms with Gasteiger partial charge in [0.2, 0.25) is 0 Å². The third kappa shape index (κ3) is 3.52. The van der Waals surface area contributed by atoms with Gasteiger partial charge in [-0.3, -0.25) is 4.68 Å². The van der Waals surface area contributed by atoms with E-state index in [0.717, 1.165) is 0 Å². The minimum Gasteiger partial charge on any atom is -0.476 e. The Labute approximate surface area is 123 Å². The molecule has 0 spiro atoms. The summed E-state index contributed by atoms with van der Waals surface area (Å²) in [6.45, 7) is 2.94. The molecule has 0 aliphatic carbocycles. The molecule has 0 radical (unpaired) electrons. The predicted octanol–water partition coefficient (Wildman–Crippen LogP) is 3.09. The number of alkyl halides is 2. The molecule has 2 aromatic rings. The zero-order valence-corrected chi connectivity index (χ0v) is 12.2.